The molecule has 1 N–H and O–H groups in total. The molecule has 1 amide bonds. The summed E-state index contributed by atoms with van der Waals surface area (Å²) in [5.74, 6) is 0. The van der Waals surface area contributed by atoms with Gasteiger partial charge in [-0.2, -0.15) is 0 Å². The van der Waals surface area contributed by atoms with Crippen molar-refractivity contribution < 1.29 is 4.79 Å². The topological polar surface area (TPSA) is 59.8 Å². The van der Waals surface area contributed by atoms with Crippen molar-refractivity contribution >= 4 is 22.5 Å². The molecule has 0 fully saturated rings. The number of amides is 1. The molecule has 0 aliphatic heterocycles. The van der Waals surface area contributed by atoms with Gasteiger partial charge < -0.3 is 0 Å². The van der Waals surface area contributed by atoms with E-state index in [1.165, 1.54) is 22.2 Å². The maximum absolute atomic E-state index is 11.7. The summed E-state index contributed by atoms with van der Waals surface area (Å²) in [5.41, 5.74) is 0.970. The van der Waals surface area contributed by atoms with Crippen LogP contribution in [0.3, 0.4) is 0 Å². The summed E-state index contributed by atoms with van der Waals surface area (Å²) in [5, 5.41) is 5.30. The fraction of sp³-hybridized carbons (Fsp3) is 0.364. The van der Waals surface area contributed by atoms with E-state index in [9.17, 15) is 4.79 Å². The van der Waals surface area contributed by atoms with Gasteiger partial charge in [0.15, 0.2) is 5.13 Å². The first kappa shape index (κ1) is 11.8. The molecular weight excluding hydrogens is 236 g/mol. The number of rotatable bonds is 1. The van der Waals surface area contributed by atoms with E-state index in [1.54, 1.807) is 12.4 Å². The number of thiazole rings is 1. The Morgan fingerprint density at radius 3 is 2.76 bits per heavy atom. The molecule has 6 heteroatoms. The number of hydrogen-bond acceptors (Lipinski definition) is 4. The molecule has 2 aromatic heterocycles. The molecule has 2 heterocycles. The lowest BCUT2D eigenvalue weighted by atomic mass is 9.93. The average Bonchev–Trinajstić information content (AvgIpc) is 2.85. The third-order valence-corrected chi connectivity index (χ3v) is 2.98. The zero-order valence-corrected chi connectivity index (χ0v) is 10.8. The number of hydrogen-bond donors (Lipinski definition) is 1. The lowest BCUT2D eigenvalue weighted by molar-refractivity contribution is 0.253. The number of anilines is 1. The van der Waals surface area contributed by atoms with Gasteiger partial charge in [-0.25, -0.2) is 14.8 Å². The summed E-state index contributed by atoms with van der Waals surface area (Å²) in [7, 11) is 0. The van der Waals surface area contributed by atoms with E-state index in [0.29, 0.717) is 5.13 Å². The van der Waals surface area contributed by atoms with Gasteiger partial charge in [0.2, 0.25) is 0 Å². The van der Waals surface area contributed by atoms with Gasteiger partial charge in [0.05, 0.1) is 5.69 Å². The van der Waals surface area contributed by atoms with E-state index in [4.69, 9.17) is 0 Å². The van der Waals surface area contributed by atoms with E-state index in [0.717, 1.165) is 5.69 Å². The van der Waals surface area contributed by atoms with Crippen LogP contribution in [0, 0.1) is 0 Å². The van der Waals surface area contributed by atoms with Crippen LogP contribution in [-0.4, -0.2) is 20.6 Å². The third-order valence-electron chi connectivity index (χ3n) is 2.23. The molecule has 0 unspecified atom stereocenters. The summed E-state index contributed by atoms with van der Waals surface area (Å²) in [4.78, 5) is 19.9. The highest BCUT2D eigenvalue weighted by Gasteiger charge is 2.18. The van der Waals surface area contributed by atoms with Gasteiger partial charge in [0.1, 0.15) is 6.33 Å². The van der Waals surface area contributed by atoms with Crippen molar-refractivity contribution in [1.29, 1.82) is 0 Å². The molecular formula is C11H14N4OS. The molecule has 0 radical (unpaired) electrons. The Hall–Kier alpha value is -1.69. The van der Waals surface area contributed by atoms with Crippen LogP contribution >= 0.6 is 11.3 Å². The van der Waals surface area contributed by atoms with Crippen molar-refractivity contribution in [3.8, 4) is 0 Å². The normalized spacial score (nSPS) is 11.5. The number of carbonyl (C=O) groups excluding carboxylic acids is 1. The highest BCUT2D eigenvalue weighted by molar-refractivity contribution is 7.13. The van der Waals surface area contributed by atoms with Gasteiger partial charge in [0, 0.05) is 23.2 Å². The van der Waals surface area contributed by atoms with Crippen LogP contribution in [0.4, 0.5) is 9.93 Å². The van der Waals surface area contributed by atoms with Crippen LogP contribution in [0.2, 0.25) is 0 Å². The fourth-order valence-corrected chi connectivity index (χ4v) is 2.14. The maximum atomic E-state index is 11.7. The van der Waals surface area contributed by atoms with Crippen LogP contribution in [-0.2, 0) is 5.41 Å². The first-order chi connectivity index (χ1) is 7.97. The molecule has 0 bridgehead atoms. The highest BCUT2D eigenvalue weighted by Crippen LogP contribution is 2.26. The van der Waals surface area contributed by atoms with Gasteiger partial charge >= 0.3 is 6.03 Å². The zero-order chi connectivity index (χ0) is 12.5. The van der Waals surface area contributed by atoms with Crippen LogP contribution in [0.25, 0.3) is 0 Å². The zero-order valence-electron chi connectivity index (χ0n) is 9.97. The Balaban J connectivity index is 2.10. The van der Waals surface area contributed by atoms with E-state index >= 15 is 0 Å². The van der Waals surface area contributed by atoms with Crippen molar-refractivity contribution in [3.05, 3.63) is 29.8 Å². The second kappa shape index (κ2) is 4.29. The highest BCUT2D eigenvalue weighted by atomic mass is 32.1. The lowest BCUT2D eigenvalue weighted by Gasteiger charge is -2.14. The van der Waals surface area contributed by atoms with Crippen LogP contribution < -0.4 is 5.32 Å². The van der Waals surface area contributed by atoms with Crippen LogP contribution in [0.15, 0.2) is 24.1 Å². The van der Waals surface area contributed by atoms with E-state index < -0.39 is 0 Å². The van der Waals surface area contributed by atoms with Gasteiger partial charge in [-0.1, -0.05) is 20.8 Å². The Morgan fingerprint density at radius 2 is 2.24 bits per heavy atom. The summed E-state index contributed by atoms with van der Waals surface area (Å²) in [6.45, 7) is 6.26. The second-order valence-corrected chi connectivity index (χ2v) is 5.55. The molecule has 0 atom stereocenters. The molecule has 90 valence electrons. The number of imidazole rings is 1. The summed E-state index contributed by atoms with van der Waals surface area (Å²) >= 11 is 1.43. The fourth-order valence-electron chi connectivity index (χ4n) is 1.21. The summed E-state index contributed by atoms with van der Waals surface area (Å²) < 4.78 is 1.37. The smallest absolute Gasteiger partial charge is 0.283 e. The van der Waals surface area contributed by atoms with Crippen molar-refractivity contribution in [2.45, 2.75) is 26.2 Å². The molecule has 2 aromatic rings. The predicted molar refractivity (Wildman–Crippen MR) is 67.5 cm³/mol. The molecule has 5 nitrogen and oxygen atoms in total. The third kappa shape index (κ3) is 2.71. The van der Waals surface area contributed by atoms with E-state index in [2.05, 4.69) is 36.1 Å². The number of aromatic nitrogens is 3. The van der Waals surface area contributed by atoms with Gasteiger partial charge in [-0.05, 0) is 0 Å². The Bertz CT molecular complexity index is 510. The number of nitrogens with one attached hydrogen (secondary N) is 1. The average molecular weight is 250 g/mol. The first-order valence-corrected chi connectivity index (χ1v) is 6.10. The quantitative estimate of drug-likeness (QED) is 0.846. The van der Waals surface area contributed by atoms with Crippen molar-refractivity contribution in [2.75, 3.05) is 5.32 Å². The van der Waals surface area contributed by atoms with Gasteiger partial charge in [-0.15, -0.1) is 11.3 Å². The summed E-state index contributed by atoms with van der Waals surface area (Å²) in [6, 6.07) is -0.252. The second-order valence-electron chi connectivity index (χ2n) is 4.69. The number of carbonyl (C=O) groups is 1. The maximum Gasteiger partial charge on any atom is 0.333 e. The molecule has 0 saturated heterocycles. The lowest BCUT2D eigenvalue weighted by Crippen LogP contribution is -2.18. The minimum atomic E-state index is -0.252. The molecule has 0 spiro atoms. The van der Waals surface area contributed by atoms with Crippen LogP contribution in [0.5, 0.6) is 0 Å². The van der Waals surface area contributed by atoms with Gasteiger partial charge in [-0.3, -0.25) is 9.88 Å². The molecule has 0 aliphatic carbocycles. The molecule has 0 aliphatic rings. The van der Waals surface area contributed by atoms with Crippen molar-refractivity contribution in [1.82, 2.24) is 14.5 Å². The molecule has 0 aromatic carbocycles. The molecule has 0 saturated carbocycles. The minimum absolute atomic E-state index is 0.00547. The van der Waals surface area contributed by atoms with E-state index in [-0.39, 0.29) is 11.4 Å². The molecule has 17 heavy (non-hydrogen) atoms. The monoisotopic (exact) mass is 250 g/mol. The standard InChI is InChI=1S/C11H14N4OS/c1-11(2,3)8-6-17-9(13-8)14-10(16)15-5-4-12-7-15/h4-7H,1-3H3,(H,13,14,16). The van der Waals surface area contributed by atoms with Gasteiger partial charge in [0.25, 0.3) is 0 Å². The summed E-state index contributed by atoms with van der Waals surface area (Å²) in [6.07, 6.45) is 4.60. The molecule has 2 rings (SSSR count). The Morgan fingerprint density at radius 1 is 1.47 bits per heavy atom. The van der Waals surface area contributed by atoms with Crippen molar-refractivity contribution in [2.24, 2.45) is 0 Å². The SMILES string of the molecule is CC(C)(C)c1csc(NC(=O)n2ccnc2)n1. The Kier molecular flexibility index (Phi) is 2.97. The van der Waals surface area contributed by atoms with Crippen LogP contribution in [0.1, 0.15) is 26.5 Å². The first-order valence-electron chi connectivity index (χ1n) is 5.22. The largest absolute Gasteiger partial charge is 0.333 e. The van der Waals surface area contributed by atoms with E-state index in [1.807, 2.05) is 5.38 Å². The predicted octanol–water partition coefficient (Wildman–Crippen LogP) is 2.72. The van der Waals surface area contributed by atoms with Crippen molar-refractivity contribution in [3.63, 3.8) is 0 Å². The number of nitrogens with zero attached hydrogens (tertiary/aromatic N) is 3. The Labute approximate surface area is 104 Å². The minimum Gasteiger partial charge on any atom is -0.283 e.